The Morgan fingerprint density at radius 3 is 2.34 bits per heavy atom. The molecule has 2 aromatic carbocycles. The quantitative estimate of drug-likeness (QED) is 0.521. The fourth-order valence-corrected chi connectivity index (χ4v) is 2.66. The summed E-state index contributed by atoms with van der Waals surface area (Å²) < 4.78 is 0. The lowest BCUT2D eigenvalue weighted by Gasteiger charge is -2.14. The van der Waals surface area contributed by atoms with Crippen LogP contribution in [0.25, 0.3) is 0 Å². The van der Waals surface area contributed by atoms with Crippen molar-refractivity contribution in [1.82, 2.24) is 5.32 Å². The Kier molecular flexibility index (Phi) is 8.21. The van der Waals surface area contributed by atoms with Crippen molar-refractivity contribution in [3.8, 4) is 0 Å². The van der Waals surface area contributed by atoms with Crippen molar-refractivity contribution in [3.63, 3.8) is 0 Å². The highest BCUT2D eigenvalue weighted by molar-refractivity contribution is 5.98. The second-order valence-electron chi connectivity index (χ2n) is 6.62. The molecule has 7 nitrogen and oxygen atoms in total. The smallest absolute Gasteiger partial charge is 0.251 e. The number of anilines is 3. The molecule has 29 heavy (non-hydrogen) atoms. The van der Waals surface area contributed by atoms with E-state index in [0.717, 1.165) is 17.7 Å². The van der Waals surface area contributed by atoms with E-state index in [0.29, 0.717) is 29.9 Å². The third-order valence-electron chi connectivity index (χ3n) is 4.31. The Morgan fingerprint density at radius 2 is 1.62 bits per heavy atom. The van der Waals surface area contributed by atoms with Gasteiger partial charge in [0, 0.05) is 35.6 Å². The summed E-state index contributed by atoms with van der Waals surface area (Å²) in [5.74, 6) is -0.466. The first-order valence-electron chi connectivity index (χ1n) is 9.76. The molecule has 0 saturated carbocycles. The van der Waals surface area contributed by atoms with Gasteiger partial charge in [-0.15, -0.1) is 0 Å². The molecular formula is C22H28N4O3. The molecule has 0 aliphatic heterocycles. The second kappa shape index (κ2) is 10.8. The van der Waals surface area contributed by atoms with E-state index in [2.05, 4.69) is 21.3 Å². The number of benzene rings is 2. The van der Waals surface area contributed by atoms with Gasteiger partial charge in [-0.05, 0) is 49.2 Å². The van der Waals surface area contributed by atoms with Gasteiger partial charge in [-0.3, -0.25) is 14.4 Å². The molecule has 7 heteroatoms. The van der Waals surface area contributed by atoms with Crippen LogP contribution in [0.3, 0.4) is 0 Å². The van der Waals surface area contributed by atoms with Gasteiger partial charge in [0.05, 0.1) is 6.54 Å². The van der Waals surface area contributed by atoms with Crippen molar-refractivity contribution in [2.24, 2.45) is 0 Å². The molecule has 0 heterocycles. The maximum Gasteiger partial charge on any atom is 0.251 e. The molecular weight excluding hydrogens is 368 g/mol. The second-order valence-corrected chi connectivity index (χ2v) is 6.62. The Labute approximate surface area is 171 Å². The standard InChI is InChI=1S/C22H28N4O3/c1-4-12-23-22(29)16-8-6-9-17(13-16)25-21(28)14-24-18-10-7-11-19(15(18)3)26-20(27)5-2/h6-11,13,24H,4-5,12,14H2,1-3H3,(H,23,29)(H,25,28)(H,26,27). The lowest BCUT2D eigenvalue weighted by molar-refractivity contribution is -0.116. The molecule has 0 aliphatic carbocycles. The van der Waals surface area contributed by atoms with Crippen LogP contribution in [0.15, 0.2) is 42.5 Å². The molecule has 0 aliphatic rings. The molecule has 0 fully saturated rings. The zero-order valence-corrected chi connectivity index (χ0v) is 17.1. The molecule has 0 aromatic heterocycles. The highest BCUT2D eigenvalue weighted by atomic mass is 16.2. The normalized spacial score (nSPS) is 10.2. The fourth-order valence-electron chi connectivity index (χ4n) is 2.66. The van der Waals surface area contributed by atoms with E-state index < -0.39 is 0 Å². The first-order valence-corrected chi connectivity index (χ1v) is 9.76. The van der Waals surface area contributed by atoms with Crippen LogP contribution in [0.2, 0.25) is 0 Å². The molecule has 2 aromatic rings. The van der Waals surface area contributed by atoms with Crippen LogP contribution < -0.4 is 21.3 Å². The van der Waals surface area contributed by atoms with Crippen molar-refractivity contribution in [2.45, 2.75) is 33.6 Å². The van der Waals surface area contributed by atoms with Gasteiger partial charge in [0.2, 0.25) is 11.8 Å². The molecule has 0 radical (unpaired) electrons. The average molecular weight is 396 g/mol. The van der Waals surface area contributed by atoms with Crippen LogP contribution in [0, 0.1) is 6.92 Å². The highest BCUT2D eigenvalue weighted by Crippen LogP contribution is 2.23. The Bertz CT molecular complexity index is 880. The summed E-state index contributed by atoms with van der Waals surface area (Å²) in [5.41, 5.74) is 3.40. The monoisotopic (exact) mass is 396 g/mol. The maximum atomic E-state index is 12.3. The predicted molar refractivity (Wildman–Crippen MR) is 116 cm³/mol. The molecule has 4 N–H and O–H groups in total. The summed E-state index contributed by atoms with van der Waals surface area (Å²) in [6, 6.07) is 12.3. The number of nitrogens with one attached hydrogen (secondary N) is 4. The lowest BCUT2D eigenvalue weighted by Crippen LogP contribution is -2.25. The third kappa shape index (κ3) is 6.64. The number of hydrogen-bond acceptors (Lipinski definition) is 4. The van der Waals surface area contributed by atoms with Crippen molar-refractivity contribution >= 4 is 34.8 Å². The van der Waals surface area contributed by atoms with Crippen LogP contribution in [0.4, 0.5) is 17.1 Å². The summed E-state index contributed by atoms with van der Waals surface area (Å²) in [5, 5.41) is 11.5. The van der Waals surface area contributed by atoms with Gasteiger partial charge >= 0.3 is 0 Å². The van der Waals surface area contributed by atoms with Gasteiger partial charge in [0.1, 0.15) is 0 Å². The van der Waals surface area contributed by atoms with Gasteiger partial charge in [0.25, 0.3) is 5.91 Å². The summed E-state index contributed by atoms with van der Waals surface area (Å²) in [6.45, 7) is 6.32. The number of rotatable bonds is 9. The SMILES string of the molecule is CCCNC(=O)c1cccc(NC(=O)CNc2cccc(NC(=O)CC)c2C)c1. The van der Waals surface area contributed by atoms with E-state index >= 15 is 0 Å². The zero-order chi connectivity index (χ0) is 21.2. The molecule has 0 saturated heterocycles. The van der Waals surface area contributed by atoms with Gasteiger partial charge in [-0.25, -0.2) is 0 Å². The Balaban J connectivity index is 1.96. The fraction of sp³-hybridized carbons (Fsp3) is 0.318. The van der Waals surface area contributed by atoms with Crippen molar-refractivity contribution in [1.29, 1.82) is 0 Å². The molecule has 2 rings (SSSR count). The number of amides is 3. The van der Waals surface area contributed by atoms with E-state index in [-0.39, 0.29) is 24.3 Å². The Morgan fingerprint density at radius 1 is 0.897 bits per heavy atom. The van der Waals surface area contributed by atoms with Crippen molar-refractivity contribution in [3.05, 3.63) is 53.6 Å². The first-order chi connectivity index (χ1) is 13.9. The van der Waals surface area contributed by atoms with Gasteiger partial charge in [-0.1, -0.05) is 26.0 Å². The van der Waals surface area contributed by atoms with E-state index in [1.165, 1.54) is 0 Å². The molecule has 154 valence electrons. The van der Waals surface area contributed by atoms with E-state index in [1.54, 1.807) is 31.2 Å². The van der Waals surface area contributed by atoms with Gasteiger partial charge < -0.3 is 21.3 Å². The Hall–Kier alpha value is -3.35. The first kappa shape index (κ1) is 21.9. The minimum atomic E-state index is -0.237. The zero-order valence-electron chi connectivity index (χ0n) is 17.1. The summed E-state index contributed by atoms with van der Waals surface area (Å²) in [6.07, 6.45) is 1.26. The topological polar surface area (TPSA) is 99.3 Å². The maximum absolute atomic E-state index is 12.3. The predicted octanol–water partition coefficient (Wildman–Crippen LogP) is 3.53. The van der Waals surface area contributed by atoms with E-state index in [4.69, 9.17) is 0 Å². The van der Waals surface area contributed by atoms with E-state index in [9.17, 15) is 14.4 Å². The number of carbonyl (C=O) groups excluding carboxylic acids is 3. The molecule has 0 unspecified atom stereocenters. The molecule has 0 atom stereocenters. The van der Waals surface area contributed by atoms with Gasteiger partial charge in [0.15, 0.2) is 0 Å². The average Bonchev–Trinajstić information content (AvgIpc) is 2.72. The van der Waals surface area contributed by atoms with Crippen molar-refractivity contribution in [2.75, 3.05) is 29.0 Å². The van der Waals surface area contributed by atoms with E-state index in [1.807, 2.05) is 32.0 Å². The number of carbonyl (C=O) groups is 3. The highest BCUT2D eigenvalue weighted by Gasteiger charge is 2.10. The molecule has 0 bridgehead atoms. The minimum Gasteiger partial charge on any atom is -0.376 e. The molecule has 0 spiro atoms. The van der Waals surface area contributed by atoms with Crippen LogP contribution >= 0.6 is 0 Å². The van der Waals surface area contributed by atoms with Gasteiger partial charge in [-0.2, -0.15) is 0 Å². The van der Waals surface area contributed by atoms with Crippen LogP contribution in [0.1, 0.15) is 42.6 Å². The molecule has 3 amide bonds. The van der Waals surface area contributed by atoms with Crippen LogP contribution in [0.5, 0.6) is 0 Å². The lowest BCUT2D eigenvalue weighted by atomic mass is 10.1. The number of hydrogen-bond donors (Lipinski definition) is 4. The minimum absolute atomic E-state index is 0.0538. The largest absolute Gasteiger partial charge is 0.376 e. The van der Waals surface area contributed by atoms with Crippen molar-refractivity contribution < 1.29 is 14.4 Å². The summed E-state index contributed by atoms with van der Waals surface area (Å²) in [7, 11) is 0. The van der Waals surface area contributed by atoms with Crippen LogP contribution in [-0.4, -0.2) is 30.8 Å². The third-order valence-corrected chi connectivity index (χ3v) is 4.31. The van der Waals surface area contributed by atoms with Crippen LogP contribution in [-0.2, 0) is 9.59 Å². The summed E-state index contributed by atoms with van der Waals surface area (Å²) >= 11 is 0. The summed E-state index contributed by atoms with van der Waals surface area (Å²) in [4.78, 5) is 36.0.